The third kappa shape index (κ3) is 4.29. The Kier molecular flexibility index (Phi) is 5.34. The van der Waals surface area contributed by atoms with Gasteiger partial charge < -0.3 is 15.7 Å². The zero-order valence-corrected chi connectivity index (χ0v) is 13.5. The Hall–Kier alpha value is -2.40. The van der Waals surface area contributed by atoms with E-state index in [9.17, 15) is 14.3 Å². The zero-order chi connectivity index (χ0) is 17.0. The standard InChI is InChI=1S/C18H21FN2O2/c1-11-8-12(2)17(13(3)9-11)21-18(23)20-10-16(22)14-6-4-5-7-15(14)19/h4-9,16,22H,10H2,1-3H3,(H2,20,21,23)/t16-/m1/s1. The molecular formula is C18H21FN2O2. The van der Waals surface area contributed by atoms with Gasteiger partial charge in [0.1, 0.15) is 5.82 Å². The molecule has 0 radical (unpaired) electrons. The molecule has 0 aliphatic carbocycles. The Bertz CT molecular complexity index is 693. The highest BCUT2D eigenvalue weighted by Crippen LogP contribution is 2.22. The van der Waals surface area contributed by atoms with Crippen molar-refractivity contribution in [3.05, 3.63) is 64.5 Å². The van der Waals surface area contributed by atoms with Crippen molar-refractivity contribution in [2.24, 2.45) is 0 Å². The van der Waals surface area contributed by atoms with E-state index in [1.807, 2.05) is 32.9 Å². The van der Waals surface area contributed by atoms with E-state index < -0.39 is 18.0 Å². The summed E-state index contributed by atoms with van der Waals surface area (Å²) in [7, 11) is 0. The molecule has 0 saturated carbocycles. The van der Waals surface area contributed by atoms with Crippen LogP contribution in [0.3, 0.4) is 0 Å². The Balaban J connectivity index is 1.97. The van der Waals surface area contributed by atoms with E-state index in [1.54, 1.807) is 12.1 Å². The van der Waals surface area contributed by atoms with Crippen LogP contribution in [0.25, 0.3) is 0 Å². The summed E-state index contributed by atoms with van der Waals surface area (Å²) < 4.78 is 13.6. The van der Waals surface area contributed by atoms with Crippen molar-refractivity contribution in [1.82, 2.24) is 5.32 Å². The monoisotopic (exact) mass is 316 g/mol. The molecule has 0 unspecified atom stereocenters. The number of carbonyl (C=O) groups is 1. The number of aliphatic hydroxyl groups is 1. The lowest BCUT2D eigenvalue weighted by Gasteiger charge is -2.16. The predicted molar refractivity (Wildman–Crippen MR) is 89.0 cm³/mol. The summed E-state index contributed by atoms with van der Waals surface area (Å²) in [5.41, 5.74) is 3.96. The molecule has 23 heavy (non-hydrogen) atoms. The number of halogens is 1. The zero-order valence-electron chi connectivity index (χ0n) is 13.5. The summed E-state index contributed by atoms with van der Waals surface area (Å²) in [5.74, 6) is -0.493. The van der Waals surface area contributed by atoms with Crippen LogP contribution in [0.4, 0.5) is 14.9 Å². The van der Waals surface area contributed by atoms with Gasteiger partial charge in [-0.15, -0.1) is 0 Å². The average Bonchev–Trinajstić information content (AvgIpc) is 2.49. The molecule has 0 aliphatic heterocycles. The van der Waals surface area contributed by atoms with Crippen LogP contribution in [0.5, 0.6) is 0 Å². The molecule has 0 heterocycles. The Labute approximate surface area is 135 Å². The molecule has 122 valence electrons. The molecule has 2 amide bonds. The first kappa shape index (κ1) is 17.0. The van der Waals surface area contributed by atoms with E-state index in [-0.39, 0.29) is 12.1 Å². The topological polar surface area (TPSA) is 61.4 Å². The highest BCUT2D eigenvalue weighted by atomic mass is 19.1. The van der Waals surface area contributed by atoms with Gasteiger partial charge >= 0.3 is 6.03 Å². The highest BCUT2D eigenvalue weighted by Gasteiger charge is 2.14. The van der Waals surface area contributed by atoms with Crippen LogP contribution in [0, 0.1) is 26.6 Å². The van der Waals surface area contributed by atoms with Gasteiger partial charge in [-0.2, -0.15) is 0 Å². The lowest BCUT2D eigenvalue weighted by Crippen LogP contribution is -2.33. The number of nitrogens with one attached hydrogen (secondary N) is 2. The molecule has 2 rings (SSSR count). The molecule has 1 atom stereocenters. The van der Waals surface area contributed by atoms with E-state index in [0.29, 0.717) is 0 Å². The first-order chi connectivity index (χ1) is 10.9. The van der Waals surface area contributed by atoms with Crippen molar-refractivity contribution >= 4 is 11.7 Å². The summed E-state index contributed by atoms with van der Waals surface area (Å²) in [6.45, 7) is 5.76. The van der Waals surface area contributed by atoms with Gasteiger partial charge in [-0.1, -0.05) is 35.9 Å². The SMILES string of the molecule is Cc1cc(C)c(NC(=O)NC[C@@H](O)c2ccccc2F)c(C)c1. The minimum Gasteiger partial charge on any atom is -0.386 e. The smallest absolute Gasteiger partial charge is 0.319 e. The first-order valence-corrected chi connectivity index (χ1v) is 7.43. The third-order valence-electron chi connectivity index (χ3n) is 3.64. The maximum absolute atomic E-state index is 13.6. The summed E-state index contributed by atoms with van der Waals surface area (Å²) >= 11 is 0. The predicted octanol–water partition coefficient (Wildman–Crippen LogP) is 3.61. The number of amides is 2. The Morgan fingerprint density at radius 3 is 2.39 bits per heavy atom. The van der Waals surface area contributed by atoms with Crippen LogP contribution in [-0.4, -0.2) is 17.7 Å². The quantitative estimate of drug-likeness (QED) is 0.807. The van der Waals surface area contributed by atoms with Crippen molar-refractivity contribution in [1.29, 1.82) is 0 Å². The van der Waals surface area contributed by atoms with Gasteiger partial charge in [0.15, 0.2) is 0 Å². The fourth-order valence-corrected chi connectivity index (χ4v) is 2.58. The molecule has 0 bridgehead atoms. The lowest BCUT2D eigenvalue weighted by molar-refractivity contribution is 0.170. The van der Waals surface area contributed by atoms with Gasteiger partial charge in [0.05, 0.1) is 6.10 Å². The summed E-state index contributed by atoms with van der Waals surface area (Å²) in [5, 5.41) is 15.3. The number of urea groups is 1. The number of hydrogen-bond donors (Lipinski definition) is 3. The maximum atomic E-state index is 13.6. The van der Waals surface area contributed by atoms with Gasteiger partial charge in [0.2, 0.25) is 0 Å². The van der Waals surface area contributed by atoms with Gasteiger partial charge in [-0.05, 0) is 38.0 Å². The number of rotatable bonds is 4. The van der Waals surface area contributed by atoms with Crippen molar-refractivity contribution < 1.29 is 14.3 Å². The normalized spacial score (nSPS) is 11.9. The molecule has 0 spiro atoms. The van der Waals surface area contributed by atoms with Gasteiger partial charge in [-0.25, -0.2) is 9.18 Å². The van der Waals surface area contributed by atoms with E-state index >= 15 is 0 Å². The van der Waals surface area contributed by atoms with Crippen molar-refractivity contribution in [3.8, 4) is 0 Å². The van der Waals surface area contributed by atoms with Crippen molar-refractivity contribution in [2.75, 3.05) is 11.9 Å². The van der Waals surface area contributed by atoms with Crippen LogP contribution in [0.2, 0.25) is 0 Å². The van der Waals surface area contributed by atoms with Gasteiger partial charge in [0, 0.05) is 17.8 Å². The number of aliphatic hydroxyl groups excluding tert-OH is 1. The summed E-state index contributed by atoms with van der Waals surface area (Å²) in [6, 6.07) is 9.49. The summed E-state index contributed by atoms with van der Waals surface area (Å²) in [4.78, 5) is 12.0. The summed E-state index contributed by atoms with van der Waals surface area (Å²) in [6.07, 6.45) is -1.10. The fourth-order valence-electron chi connectivity index (χ4n) is 2.58. The molecule has 5 heteroatoms. The van der Waals surface area contributed by atoms with Gasteiger partial charge in [-0.3, -0.25) is 0 Å². The van der Waals surface area contributed by atoms with E-state index in [0.717, 1.165) is 22.4 Å². The molecule has 3 N–H and O–H groups in total. The number of carbonyl (C=O) groups excluding carboxylic acids is 1. The average molecular weight is 316 g/mol. The minimum absolute atomic E-state index is 0.0727. The maximum Gasteiger partial charge on any atom is 0.319 e. The van der Waals surface area contributed by atoms with E-state index in [4.69, 9.17) is 0 Å². The molecule has 4 nitrogen and oxygen atoms in total. The van der Waals surface area contributed by atoms with Crippen molar-refractivity contribution in [3.63, 3.8) is 0 Å². The number of aryl methyl sites for hydroxylation is 3. The van der Waals surface area contributed by atoms with Crippen LogP contribution in [0.1, 0.15) is 28.4 Å². The van der Waals surface area contributed by atoms with Crippen molar-refractivity contribution in [2.45, 2.75) is 26.9 Å². The third-order valence-corrected chi connectivity index (χ3v) is 3.64. The lowest BCUT2D eigenvalue weighted by atomic mass is 10.1. The second kappa shape index (κ2) is 7.24. The van der Waals surface area contributed by atoms with Gasteiger partial charge in [0.25, 0.3) is 0 Å². The number of hydrogen-bond acceptors (Lipinski definition) is 2. The largest absolute Gasteiger partial charge is 0.386 e. The highest BCUT2D eigenvalue weighted by molar-refractivity contribution is 5.91. The molecule has 0 saturated heterocycles. The minimum atomic E-state index is -1.10. The molecule has 0 fully saturated rings. The molecule has 2 aromatic carbocycles. The van der Waals surface area contributed by atoms with E-state index in [1.165, 1.54) is 12.1 Å². The first-order valence-electron chi connectivity index (χ1n) is 7.43. The molecule has 2 aromatic rings. The number of benzene rings is 2. The molecular weight excluding hydrogens is 295 g/mol. The molecule has 0 aliphatic rings. The Morgan fingerprint density at radius 1 is 1.17 bits per heavy atom. The fraction of sp³-hybridized carbons (Fsp3) is 0.278. The van der Waals surface area contributed by atoms with E-state index in [2.05, 4.69) is 10.6 Å². The van der Waals surface area contributed by atoms with Crippen LogP contribution >= 0.6 is 0 Å². The Morgan fingerprint density at radius 2 is 1.78 bits per heavy atom. The second-order valence-electron chi connectivity index (χ2n) is 5.65. The second-order valence-corrected chi connectivity index (χ2v) is 5.65. The molecule has 0 aromatic heterocycles. The number of anilines is 1. The van der Waals surface area contributed by atoms with Crippen LogP contribution < -0.4 is 10.6 Å². The van der Waals surface area contributed by atoms with Crippen LogP contribution in [0.15, 0.2) is 36.4 Å². The van der Waals surface area contributed by atoms with Crippen LogP contribution in [-0.2, 0) is 0 Å².